The summed E-state index contributed by atoms with van der Waals surface area (Å²) in [5, 5.41) is 0.166. The van der Waals surface area contributed by atoms with E-state index in [0.717, 1.165) is 26.2 Å². The molecule has 1 aliphatic heterocycles. The smallest absolute Gasteiger partial charge is 0.233 e. The van der Waals surface area contributed by atoms with Crippen molar-refractivity contribution in [3.63, 3.8) is 0 Å². The van der Waals surface area contributed by atoms with Crippen molar-refractivity contribution in [2.24, 2.45) is 0 Å². The average Bonchev–Trinajstić information content (AvgIpc) is 2.89. The Hall–Kier alpha value is -0.910. The van der Waals surface area contributed by atoms with Crippen molar-refractivity contribution in [2.75, 3.05) is 50.9 Å². The van der Waals surface area contributed by atoms with E-state index >= 15 is 0 Å². The van der Waals surface area contributed by atoms with Gasteiger partial charge in [0, 0.05) is 32.9 Å². The Morgan fingerprint density at radius 2 is 1.78 bits per heavy atom. The zero-order valence-corrected chi connectivity index (χ0v) is 16.1. The van der Waals surface area contributed by atoms with E-state index < -0.39 is 0 Å². The molecule has 1 atom stereocenters. The zero-order valence-electron chi connectivity index (χ0n) is 14.5. The Balaban J connectivity index is 0.00000264. The molecule has 4 nitrogen and oxygen atoms in total. The highest BCUT2D eigenvalue weighted by atomic mass is 35.5. The number of carbonyl (C=O) groups excluding carboxylic acids is 1. The van der Waals surface area contributed by atoms with Gasteiger partial charge in [0.05, 0.1) is 5.75 Å². The number of nitrogens with zero attached hydrogens (tertiary/aromatic N) is 3. The van der Waals surface area contributed by atoms with Crippen molar-refractivity contribution in [1.82, 2.24) is 9.80 Å². The molecule has 0 N–H and O–H groups in total. The third kappa shape index (κ3) is 5.03. The topological polar surface area (TPSA) is 26.8 Å². The van der Waals surface area contributed by atoms with Crippen molar-refractivity contribution in [3.05, 3.63) is 29.8 Å². The molecular formula is C17H28ClN3OS. The number of amides is 1. The molecule has 1 aliphatic rings. The van der Waals surface area contributed by atoms with Crippen LogP contribution in [-0.2, 0) is 4.79 Å². The summed E-state index contributed by atoms with van der Waals surface area (Å²) < 4.78 is 0. The second-order valence-electron chi connectivity index (χ2n) is 5.76. The minimum Gasteiger partial charge on any atom is -0.378 e. The largest absolute Gasteiger partial charge is 0.378 e. The molecule has 0 saturated carbocycles. The normalized spacial score (nSPS) is 17.5. The van der Waals surface area contributed by atoms with Crippen LogP contribution >= 0.6 is 24.2 Å². The highest BCUT2D eigenvalue weighted by molar-refractivity contribution is 8.00. The Bertz CT molecular complexity index is 491. The van der Waals surface area contributed by atoms with E-state index in [9.17, 15) is 4.79 Å². The van der Waals surface area contributed by atoms with Gasteiger partial charge in [0.15, 0.2) is 0 Å². The Morgan fingerprint density at radius 3 is 2.30 bits per heavy atom. The number of hydrogen-bond donors (Lipinski definition) is 0. The summed E-state index contributed by atoms with van der Waals surface area (Å²) in [6, 6.07) is 8.55. The number of hydrogen-bond acceptors (Lipinski definition) is 4. The molecule has 0 bridgehead atoms. The van der Waals surface area contributed by atoms with Crippen molar-refractivity contribution in [1.29, 1.82) is 0 Å². The van der Waals surface area contributed by atoms with Gasteiger partial charge in [-0.3, -0.25) is 4.79 Å². The van der Waals surface area contributed by atoms with Crippen LogP contribution in [-0.4, -0.2) is 61.7 Å². The molecule has 0 aromatic heterocycles. The molecule has 0 spiro atoms. The van der Waals surface area contributed by atoms with Crippen LogP contribution in [0.15, 0.2) is 24.3 Å². The molecular weight excluding hydrogens is 330 g/mol. The van der Waals surface area contributed by atoms with Gasteiger partial charge in [0.2, 0.25) is 5.91 Å². The lowest BCUT2D eigenvalue weighted by Crippen LogP contribution is -2.37. The number of benzene rings is 1. The number of halogens is 1. The van der Waals surface area contributed by atoms with Gasteiger partial charge in [-0.05, 0) is 30.8 Å². The maximum atomic E-state index is 12.2. The second kappa shape index (κ2) is 9.40. The van der Waals surface area contributed by atoms with E-state index in [2.05, 4.69) is 47.9 Å². The summed E-state index contributed by atoms with van der Waals surface area (Å²) in [6.45, 7) is 8.17. The molecule has 0 radical (unpaired) electrons. The molecule has 0 aliphatic carbocycles. The molecule has 1 saturated heterocycles. The fraction of sp³-hybridized carbons (Fsp3) is 0.588. The summed E-state index contributed by atoms with van der Waals surface area (Å²) in [5.41, 5.74) is 2.41. The molecule has 1 amide bonds. The molecule has 1 heterocycles. The van der Waals surface area contributed by atoms with Gasteiger partial charge < -0.3 is 14.7 Å². The molecule has 6 heteroatoms. The lowest BCUT2D eigenvalue weighted by Gasteiger charge is -2.27. The number of likely N-dealkylation sites (N-methyl/N-ethyl adjacent to an activating group) is 1. The third-order valence-electron chi connectivity index (χ3n) is 4.21. The fourth-order valence-electron chi connectivity index (χ4n) is 2.70. The van der Waals surface area contributed by atoms with Crippen molar-refractivity contribution >= 4 is 35.8 Å². The van der Waals surface area contributed by atoms with Gasteiger partial charge in [-0.15, -0.1) is 24.2 Å². The minimum absolute atomic E-state index is 0. The van der Waals surface area contributed by atoms with Gasteiger partial charge in [-0.1, -0.05) is 26.0 Å². The second-order valence-corrected chi connectivity index (χ2v) is 6.83. The van der Waals surface area contributed by atoms with Gasteiger partial charge in [0.1, 0.15) is 5.37 Å². The quantitative estimate of drug-likeness (QED) is 0.749. The van der Waals surface area contributed by atoms with E-state index in [-0.39, 0.29) is 23.7 Å². The van der Waals surface area contributed by atoms with Gasteiger partial charge >= 0.3 is 0 Å². The number of anilines is 1. The van der Waals surface area contributed by atoms with Crippen LogP contribution in [0.2, 0.25) is 0 Å². The molecule has 1 aromatic rings. The van der Waals surface area contributed by atoms with E-state index in [1.807, 2.05) is 19.0 Å². The first kappa shape index (κ1) is 20.1. The van der Waals surface area contributed by atoms with Crippen molar-refractivity contribution in [2.45, 2.75) is 19.2 Å². The summed E-state index contributed by atoms with van der Waals surface area (Å²) in [5.74, 6) is 0.858. The SMILES string of the molecule is CCN(CC)CCN1C(=O)CSC1c1ccc(N(C)C)cc1.Cl. The van der Waals surface area contributed by atoms with Crippen molar-refractivity contribution in [3.8, 4) is 0 Å². The third-order valence-corrected chi connectivity index (χ3v) is 5.47. The predicted molar refractivity (Wildman–Crippen MR) is 103 cm³/mol. The predicted octanol–water partition coefficient (Wildman–Crippen LogP) is 3.09. The van der Waals surface area contributed by atoms with Gasteiger partial charge in [-0.25, -0.2) is 0 Å². The summed E-state index contributed by atoms with van der Waals surface area (Å²) in [6.07, 6.45) is 0. The highest BCUT2D eigenvalue weighted by Gasteiger charge is 2.32. The van der Waals surface area contributed by atoms with Crippen LogP contribution in [0.25, 0.3) is 0 Å². The average molecular weight is 358 g/mol. The van der Waals surface area contributed by atoms with Crippen LogP contribution in [0, 0.1) is 0 Å². The zero-order chi connectivity index (χ0) is 16.1. The Labute approximate surface area is 150 Å². The summed E-state index contributed by atoms with van der Waals surface area (Å²) in [7, 11) is 4.08. The van der Waals surface area contributed by atoms with E-state index in [1.54, 1.807) is 11.8 Å². The van der Waals surface area contributed by atoms with Crippen LogP contribution in [0.5, 0.6) is 0 Å². The first-order valence-corrected chi connectivity index (χ1v) is 9.02. The monoisotopic (exact) mass is 357 g/mol. The molecule has 1 fully saturated rings. The van der Waals surface area contributed by atoms with Gasteiger partial charge in [0.25, 0.3) is 0 Å². The summed E-state index contributed by atoms with van der Waals surface area (Å²) in [4.78, 5) is 18.7. The first-order valence-electron chi connectivity index (χ1n) is 7.97. The number of rotatable bonds is 7. The van der Waals surface area contributed by atoms with Crippen LogP contribution < -0.4 is 4.90 Å². The molecule has 1 aromatic carbocycles. The Morgan fingerprint density at radius 1 is 1.17 bits per heavy atom. The number of thioether (sulfide) groups is 1. The van der Waals surface area contributed by atoms with Crippen LogP contribution in [0.3, 0.4) is 0 Å². The Kier molecular flexibility index (Phi) is 8.23. The number of carbonyl (C=O) groups is 1. The van der Waals surface area contributed by atoms with E-state index in [1.165, 1.54) is 11.3 Å². The van der Waals surface area contributed by atoms with Gasteiger partial charge in [-0.2, -0.15) is 0 Å². The minimum atomic E-state index is 0. The van der Waals surface area contributed by atoms with Crippen LogP contribution in [0.1, 0.15) is 24.8 Å². The molecule has 2 rings (SSSR count). The van der Waals surface area contributed by atoms with E-state index in [0.29, 0.717) is 5.75 Å². The lowest BCUT2D eigenvalue weighted by molar-refractivity contribution is -0.128. The molecule has 23 heavy (non-hydrogen) atoms. The lowest BCUT2D eigenvalue weighted by atomic mass is 10.2. The highest BCUT2D eigenvalue weighted by Crippen LogP contribution is 2.38. The molecule has 1 unspecified atom stereocenters. The maximum absolute atomic E-state index is 12.2. The fourth-order valence-corrected chi connectivity index (χ4v) is 3.92. The maximum Gasteiger partial charge on any atom is 0.233 e. The summed E-state index contributed by atoms with van der Waals surface area (Å²) >= 11 is 1.74. The van der Waals surface area contributed by atoms with Crippen LogP contribution in [0.4, 0.5) is 5.69 Å². The molecule has 130 valence electrons. The first-order chi connectivity index (χ1) is 10.6. The van der Waals surface area contributed by atoms with E-state index in [4.69, 9.17) is 0 Å². The van der Waals surface area contributed by atoms with Crippen molar-refractivity contribution < 1.29 is 4.79 Å². The standard InChI is InChI=1S/C17H27N3OS.ClH/c1-5-19(6-2)11-12-20-16(21)13-22-17(20)14-7-9-15(10-8-14)18(3)4;/h7-10,17H,5-6,11-13H2,1-4H3;1H.